The number of rotatable bonds is 7. The highest BCUT2D eigenvalue weighted by atomic mass is 16.5. The molecule has 36 heavy (non-hydrogen) atoms. The van der Waals surface area contributed by atoms with Gasteiger partial charge in [-0.15, -0.1) is 6.58 Å². The quantitative estimate of drug-likeness (QED) is 0.514. The maximum atomic E-state index is 14.6. The normalized spacial score (nSPS) is 30.5. The van der Waals surface area contributed by atoms with E-state index in [-0.39, 0.29) is 18.4 Å². The first kappa shape index (κ1) is 23.2. The van der Waals surface area contributed by atoms with E-state index in [4.69, 9.17) is 9.47 Å². The van der Waals surface area contributed by atoms with Crippen LogP contribution in [0.1, 0.15) is 33.7 Å². The highest BCUT2D eigenvalue weighted by molar-refractivity contribution is 5.89. The molecule has 5 heteroatoms. The van der Waals surface area contributed by atoms with Gasteiger partial charge in [0, 0.05) is 38.2 Å². The fourth-order valence-corrected chi connectivity index (χ4v) is 7.60. The Balaban J connectivity index is 1.74. The molecule has 0 radical (unpaired) electrons. The molecule has 4 atom stereocenters. The first-order chi connectivity index (χ1) is 17.6. The molecule has 4 aliphatic rings. The topological polar surface area (TPSA) is 59.0 Å². The van der Waals surface area contributed by atoms with E-state index >= 15 is 0 Å². The predicted octanol–water partition coefficient (Wildman–Crippen LogP) is 4.20. The number of likely N-dealkylation sites (tertiary alicyclic amines) is 1. The second-order valence-corrected chi connectivity index (χ2v) is 10.0. The Morgan fingerprint density at radius 1 is 0.972 bits per heavy atom. The number of hydrogen-bond donors (Lipinski definition) is 1. The Bertz CT molecular complexity index is 1270. The Hall–Kier alpha value is -3.25. The number of benzene rings is 3. The predicted molar refractivity (Wildman–Crippen MR) is 137 cm³/mol. The van der Waals surface area contributed by atoms with Gasteiger partial charge in [-0.3, -0.25) is 4.79 Å². The van der Waals surface area contributed by atoms with E-state index in [1.54, 1.807) is 25.2 Å². The number of aliphatic hydroxyl groups is 1. The number of nitrogens with zero attached hydrogens (tertiary/aromatic N) is 1. The second kappa shape index (κ2) is 8.41. The second-order valence-electron chi connectivity index (χ2n) is 10.0. The van der Waals surface area contributed by atoms with Crippen LogP contribution in [0.15, 0.2) is 91.5 Å². The standard InChI is InChI=1S/C31H31NO4/c1-4-18-32-29(33)28-27(31(32,34)20-12-6-5-7-13-20)26-21-14-8-10-16-23(21)30(28,25(36-3)19-35-2)24-17-11-9-15-22(24)26/h4-17,25-28,34H,1,18-19H2,2-3H3/t25-,26?,27+,28-,30?,31+/m1/s1. The lowest BCUT2D eigenvalue weighted by Crippen LogP contribution is -2.61. The van der Waals surface area contributed by atoms with Crippen LogP contribution in [-0.4, -0.2) is 49.4 Å². The summed E-state index contributed by atoms with van der Waals surface area (Å²) in [7, 11) is 3.34. The molecule has 2 bridgehead atoms. The van der Waals surface area contributed by atoms with Gasteiger partial charge in [0.1, 0.15) is 0 Å². The van der Waals surface area contributed by atoms with Gasteiger partial charge in [-0.25, -0.2) is 0 Å². The maximum Gasteiger partial charge on any atom is 0.230 e. The van der Waals surface area contributed by atoms with Crippen molar-refractivity contribution in [1.29, 1.82) is 0 Å². The molecular formula is C31H31NO4. The third kappa shape index (κ3) is 2.68. The Labute approximate surface area is 212 Å². The maximum absolute atomic E-state index is 14.6. The third-order valence-corrected chi connectivity index (χ3v) is 8.72. The molecule has 1 N–H and O–H groups in total. The number of carbonyl (C=O) groups excluding carboxylic acids is 1. The minimum atomic E-state index is -1.51. The third-order valence-electron chi connectivity index (χ3n) is 8.72. The molecule has 3 aromatic carbocycles. The molecule has 1 amide bonds. The monoisotopic (exact) mass is 481 g/mol. The van der Waals surface area contributed by atoms with E-state index in [1.807, 2.05) is 54.6 Å². The highest BCUT2D eigenvalue weighted by Crippen LogP contribution is 2.69. The van der Waals surface area contributed by atoms with Crippen LogP contribution in [0, 0.1) is 11.8 Å². The summed E-state index contributed by atoms with van der Waals surface area (Å²) in [5, 5.41) is 12.8. The van der Waals surface area contributed by atoms with Gasteiger partial charge in [0.25, 0.3) is 0 Å². The molecule has 7 rings (SSSR count). The molecule has 1 fully saturated rings. The molecule has 5 nitrogen and oxygen atoms in total. The SMILES string of the molecule is C=CCN1C(=O)[C@H]2[C@H](C3c4ccccc4C2([C@@H](COC)OC)c2ccccc23)[C@@]1(O)c1ccccc1. The van der Waals surface area contributed by atoms with Crippen molar-refractivity contribution in [2.24, 2.45) is 11.8 Å². The zero-order chi connectivity index (χ0) is 25.1. The first-order valence-electron chi connectivity index (χ1n) is 12.5. The molecule has 1 aliphatic heterocycles. The van der Waals surface area contributed by atoms with Gasteiger partial charge in [-0.05, 0) is 22.3 Å². The Morgan fingerprint density at radius 3 is 2.11 bits per heavy atom. The van der Waals surface area contributed by atoms with Gasteiger partial charge in [-0.2, -0.15) is 0 Å². The van der Waals surface area contributed by atoms with Crippen LogP contribution in [0.4, 0.5) is 0 Å². The number of methoxy groups -OCH3 is 2. The molecular weight excluding hydrogens is 450 g/mol. The molecule has 1 saturated heterocycles. The highest BCUT2D eigenvalue weighted by Gasteiger charge is 2.74. The summed E-state index contributed by atoms with van der Waals surface area (Å²) in [6.45, 7) is 4.47. The molecule has 0 unspecified atom stereocenters. The van der Waals surface area contributed by atoms with Gasteiger partial charge in [0.2, 0.25) is 5.91 Å². The molecule has 3 aliphatic carbocycles. The van der Waals surface area contributed by atoms with E-state index < -0.39 is 29.1 Å². The minimum Gasteiger partial charge on any atom is -0.382 e. The molecule has 0 aromatic heterocycles. The van der Waals surface area contributed by atoms with Crippen LogP contribution < -0.4 is 0 Å². The van der Waals surface area contributed by atoms with Crippen molar-refractivity contribution in [1.82, 2.24) is 4.90 Å². The van der Waals surface area contributed by atoms with E-state index in [0.717, 1.165) is 22.3 Å². The van der Waals surface area contributed by atoms with Crippen LogP contribution in [0.3, 0.4) is 0 Å². The summed E-state index contributed by atoms with van der Waals surface area (Å²) in [6.07, 6.45) is 1.26. The van der Waals surface area contributed by atoms with E-state index in [0.29, 0.717) is 12.2 Å². The van der Waals surface area contributed by atoms with Crippen LogP contribution in [0.2, 0.25) is 0 Å². The molecule has 0 spiro atoms. The van der Waals surface area contributed by atoms with Crippen molar-refractivity contribution >= 4 is 5.91 Å². The van der Waals surface area contributed by atoms with E-state index in [9.17, 15) is 9.90 Å². The summed E-state index contributed by atoms with van der Waals surface area (Å²) in [6, 6.07) is 26.3. The fraction of sp³-hybridized carbons (Fsp3) is 0.323. The lowest BCUT2D eigenvalue weighted by Gasteiger charge is -2.58. The van der Waals surface area contributed by atoms with Crippen LogP contribution in [-0.2, 0) is 25.4 Å². The summed E-state index contributed by atoms with van der Waals surface area (Å²) in [4.78, 5) is 16.2. The average molecular weight is 482 g/mol. The van der Waals surface area contributed by atoms with Crippen molar-refractivity contribution < 1.29 is 19.4 Å². The van der Waals surface area contributed by atoms with Crippen molar-refractivity contribution in [3.05, 3.63) is 119 Å². The number of ether oxygens (including phenoxy) is 2. The summed E-state index contributed by atoms with van der Waals surface area (Å²) >= 11 is 0. The van der Waals surface area contributed by atoms with Crippen LogP contribution in [0.5, 0.6) is 0 Å². The van der Waals surface area contributed by atoms with Gasteiger partial charge in [-0.1, -0.05) is 84.9 Å². The van der Waals surface area contributed by atoms with Gasteiger partial charge in [0.05, 0.1) is 24.0 Å². The fourth-order valence-electron chi connectivity index (χ4n) is 7.60. The average Bonchev–Trinajstić information content (AvgIpc) is 3.16. The lowest BCUT2D eigenvalue weighted by atomic mass is 9.44. The lowest BCUT2D eigenvalue weighted by molar-refractivity contribution is -0.152. The van der Waals surface area contributed by atoms with E-state index in [2.05, 4.69) is 30.8 Å². The summed E-state index contributed by atoms with van der Waals surface area (Å²) in [5.41, 5.74) is 2.82. The van der Waals surface area contributed by atoms with Crippen molar-refractivity contribution in [2.75, 3.05) is 27.4 Å². The number of amides is 1. The Morgan fingerprint density at radius 2 is 1.56 bits per heavy atom. The molecule has 184 valence electrons. The van der Waals surface area contributed by atoms with E-state index in [1.165, 1.54) is 0 Å². The first-order valence-corrected chi connectivity index (χ1v) is 12.5. The molecule has 0 saturated carbocycles. The number of carbonyl (C=O) groups is 1. The summed E-state index contributed by atoms with van der Waals surface area (Å²) in [5.74, 6) is -1.21. The summed E-state index contributed by atoms with van der Waals surface area (Å²) < 4.78 is 11.9. The smallest absolute Gasteiger partial charge is 0.230 e. The van der Waals surface area contributed by atoms with Gasteiger partial charge < -0.3 is 19.5 Å². The molecule has 1 heterocycles. The van der Waals surface area contributed by atoms with Gasteiger partial charge >= 0.3 is 0 Å². The van der Waals surface area contributed by atoms with Crippen LogP contribution in [0.25, 0.3) is 0 Å². The largest absolute Gasteiger partial charge is 0.382 e. The molecule has 3 aromatic rings. The number of hydrogen-bond acceptors (Lipinski definition) is 4. The zero-order valence-electron chi connectivity index (χ0n) is 20.6. The van der Waals surface area contributed by atoms with Crippen molar-refractivity contribution in [2.45, 2.75) is 23.2 Å². The minimum absolute atomic E-state index is 0.0848. The van der Waals surface area contributed by atoms with Crippen LogP contribution >= 0.6 is 0 Å². The Kier molecular flexibility index (Phi) is 5.41. The zero-order valence-corrected chi connectivity index (χ0v) is 20.6. The van der Waals surface area contributed by atoms with Gasteiger partial charge in [0.15, 0.2) is 5.72 Å². The van der Waals surface area contributed by atoms with Crippen molar-refractivity contribution in [3.63, 3.8) is 0 Å². The van der Waals surface area contributed by atoms with Crippen molar-refractivity contribution in [3.8, 4) is 0 Å².